The lowest BCUT2D eigenvalue weighted by Crippen LogP contribution is -2.60. The van der Waals surface area contributed by atoms with Crippen molar-refractivity contribution < 1.29 is 9.26 Å². The molecule has 0 bridgehead atoms. The van der Waals surface area contributed by atoms with Crippen LogP contribution in [0, 0.1) is 13.8 Å². The molecule has 4 rings (SSSR count). The minimum Gasteiger partial charge on any atom is -0.370 e. The van der Waals surface area contributed by atoms with Gasteiger partial charge in [0.1, 0.15) is 5.76 Å². The van der Waals surface area contributed by atoms with E-state index in [1.165, 1.54) is 5.56 Å². The second kappa shape index (κ2) is 6.72. The summed E-state index contributed by atoms with van der Waals surface area (Å²) in [6.45, 7) is 9.27. The third-order valence-corrected chi connectivity index (χ3v) is 5.26. The van der Waals surface area contributed by atoms with E-state index in [0.29, 0.717) is 0 Å². The molecule has 7 nitrogen and oxygen atoms in total. The monoisotopic (exact) mass is 343 g/mol. The van der Waals surface area contributed by atoms with Gasteiger partial charge in [-0.1, -0.05) is 5.16 Å². The number of aryl methyl sites for hydroxylation is 2. The average Bonchev–Trinajstić information content (AvgIpc) is 2.95. The molecule has 1 atom stereocenters. The van der Waals surface area contributed by atoms with Gasteiger partial charge < -0.3 is 14.2 Å². The van der Waals surface area contributed by atoms with Crippen molar-refractivity contribution >= 4 is 5.95 Å². The Morgan fingerprint density at radius 1 is 1.16 bits per heavy atom. The summed E-state index contributed by atoms with van der Waals surface area (Å²) in [5, 5.41) is 4.08. The van der Waals surface area contributed by atoms with Gasteiger partial charge in [-0.05, 0) is 39.3 Å². The molecule has 1 unspecified atom stereocenters. The Hall–Kier alpha value is -1.99. The van der Waals surface area contributed by atoms with Gasteiger partial charge in [0.15, 0.2) is 0 Å². The molecular weight excluding hydrogens is 318 g/mol. The zero-order valence-electron chi connectivity index (χ0n) is 14.9. The van der Waals surface area contributed by atoms with Crippen LogP contribution in [0.3, 0.4) is 0 Å². The average molecular weight is 343 g/mol. The fraction of sp³-hybridized carbons (Fsp3) is 0.611. The molecule has 0 N–H and O–H groups in total. The topological polar surface area (TPSA) is 67.5 Å². The number of ether oxygens (including phenoxy) is 1. The molecule has 2 aliphatic heterocycles. The third kappa shape index (κ3) is 3.39. The van der Waals surface area contributed by atoms with Gasteiger partial charge in [-0.25, -0.2) is 9.97 Å². The molecule has 0 radical (unpaired) electrons. The Labute approximate surface area is 148 Å². The number of hydrogen-bond acceptors (Lipinski definition) is 7. The number of morpholine rings is 1. The second-order valence-electron chi connectivity index (χ2n) is 7.12. The van der Waals surface area contributed by atoms with E-state index in [2.05, 4.69) is 24.9 Å². The quantitative estimate of drug-likeness (QED) is 0.844. The molecule has 25 heavy (non-hydrogen) atoms. The number of rotatable bonds is 3. The maximum absolute atomic E-state index is 6.29. The van der Waals surface area contributed by atoms with E-state index in [1.54, 1.807) is 12.4 Å². The van der Waals surface area contributed by atoms with Crippen molar-refractivity contribution in [2.45, 2.75) is 38.8 Å². The summed E-state index contributed by atoms with van der Waals surface area (Å²) in [6.07, 6.45) is 5.81. The van der Waals surface area contributed by atoms with Crippen molar-refractivity contribution in [2.24, 2.45) is 0 Å². The van der Waals surface area contributed by atoms with E-state index in [1.807, 2.05) is 19.9 Å². The van der Waals surface area contributed by atoms with Crippen LogP contribution in [0.2, 0.25) is 0 Å². The van der Waals surface area contributed by atoms with Crippen molar-refractivity contribution in [3.8, 4) is 0 Å². The normalized spacial score (nSPS) is 24.8. The Morgan fingerprint density at radius 3 is 2.76 bits per heavy atom. The van der Waals surface area contributed by atoms with Crippen molar-refractivity contribution in [1.29, 1.82) is 0 Å². The predicted octanol–water partition coefficient (Wildman–Crippen LogP) is 1.95. The third-order valence-electron chi connectivity index (χ3n) is 5.26. The number of hydrogen-bond donors (Lipinski definition) is 0. The minimum atomic E-state index is -0.144. The zero-order chi connectivity index (χ0) is 17.3. The highest BCUT2D eigenvalue weighted by molar-refractivity contribution is 5.31. The van der Waals surface area contributed by atoms with Crippen LogP contribution in [-0.4, -0.2) is 58.4 Å². The molecule has 134 valence electrons. The molecule has 0 saturated carbocycles. The molecule has 4 heterocycles. The number of nitrogens with zero attached hydrogens (tertiary/aromatic N) is 5. The van der Waals surface area contributed by atoms with Crippen LogP contribution in [0.5, 0.6) is 0 Å². The van der Waals surface area contributed by atoms with E-state index in [9.17, 15) is 0 Å². The second-order valence-corrected chi connectivity index (χ2v) is 7.12. The predicted molar refractivity (Wildman–Crippen MR) is 93.4 cm³/mol. The molecule has 0 aliphatic carbocycles. The van der Waals surface area contributed by atoms with Crippen LogP contribution in [0.25, 0.3) is 0 Å². The van der Waals surface area contributed by atoms with Gasteiger partial charge in [-0.2, -0.15) is 0 Å². The maximum atomic E-state index is 6.29. The number of anilines is 1. The van der Waals surface area contributed by atoms with Crippen LogP contribution < -0.4 is 4.90 Å². The lowest BCUT2D eigenvalue weighted by atomic mass is 9.90. The lowest BCUT2D eigenvalue weighted by Gasteiger charge is -2.48. The standard InChI is InChI=1S/C18H25N5O2/c1-14-16(15(2)25-21-14)11-22-8-3-5-18(12-22)13-23(9-10-24-18)17-19-6-4-7-20-17/h4,6-7H,3,5,8-13H2,1-2H3. The van der Waals surface area contributed by atoms with Crippen LogP contribution in [0.15, 0.2) is 23.0 Å². The smallest absolute Gasteiger partial charge is 0.225 e. The molecule has 0 amide bonds. The van der Waals surface area contributed by atoms with E-state index in [4.69, 9.17) is 9.26 Å². The number of likely N-dealkylation sites (tertiary alicyclic amines) is 1. The first kappa shape index (κ1) is 16.5. The summed E-state index contributed by atoms with van der Waals surface area (Å²) in [5.41, 5.74) is 2.05. The van der Waals surface area contributed by atoms with Gasteiger partial charge in [0.25, 0.3) is 0 Å². The van der Waals surface area contributed by atoms with Crippen molar-refractivity contribution in [3.63, 3.8) is 0 Å². The van der Waals surface area contributed by atoms with E-state index < -0.39 is 0 Å². The van der Waals surface area contributed by atoms with Gasteiger partial charge in [-0.15, -0.1) is 0 Å². The molecule has 0 aromatic carbocycles. The molecule has 7 heteroatoms. The van der Waals surface area contributed by atoms with Crippen molar-refractivity contribution in [1.82, 2.24) is 20.0 Å². The first-order valence-electron chi connectivity index (χ1n) is 8.95. The largest absolute Gasteiger partial charge is 0.370 e. The summed E-state index contributed by atoms with van der Waals surface area (Å²) in [5.74, 6) is 1.72. The Morgan fingerprint density at radius 2 is 2.00 bits per heavy atom. The highest BCUT2D eigenvalue weighted by Gasteiger charge is 2.41. The molecule has 2 saturated heterocycles. The highest BCUT2D eigenvalue weighted by atomic mass is 16.5. The van der Waals surface area contributed by atoms with Crippen molar-refractivity contribution in [3.05, 3.63) is 35.5 Å². The zero-order valence-corrected chi connectivity index (χ0v) is 14.9. The SMILES string of the molecule is Cc1noc(C)c1CN1CCCC2(C1)CN(c1ncccn1)CCO2. The number of piperidine rings is 1. The molecule has 2 aromatic heterocycles. The minimum absolute atomic E-state index is 0.144. The molecular formula is C18H25N5O2. The van der Waals surface area contributed by atoms with Gasteiger partial charge >= 0.3 is 0 Å². The van der Waals surface area contributed by atoms with Crippen LogP contribution in [0.1, 0.15) is 29.9 Å². The van der Waals surface area contributed by atoms with Crippen LogP contribution in [0.4, 0.5) is 5.95 Å². The first-order chi connectivity index (χ1) is 12.2. The molecule has 1 spiro atoms. The van der Waals surface area contributed by atoms with Gasteiger partial charge in [-0.3, -0.25) is 4.90 Å². The molecule has 2 fully saturated rings. The van der Waals surface area contributed by atoms with E-state index in [-0.39, 0.29) is 5.60 Å². The molecule has 2 aliphatic rings. The Kier molecular flexibility index (Phi) is 4.43. The fourth-order valence-electron chi connectivity index (χ4n) is 3.99. The summed E-state index contributed by atoms with van der Waals surface area (Å²) in [6, 6.07) is 1.85. The first-order valence-corrected chi connectivity index (χ1v) is 8.95. The number of aromatic nitrogens is 3. The van der Waals surface area contributed by atoms with Crippen LogP contribution in [-0.2, 0) is 11.3 Å². The van der Waals surface area contributed by atoms with Gasteiger partial charge in [0.05, 0.1) is 24.4 Å². The summed E-state index contributed by atoms with van der Waals surface area (Å²) in [7, 11) is 0. The maximum Gasteiger partial charge on any atom is 0.225 e. The highest BCUT2D eigenvalue weighted by Crippen LogP contribution is 2.31. The van der Waals surface area contributed by atoms with E-state index in [0.717, 1.165) is 69.6 Å². The summed E-state index contributed by atoms with van der Waals surface area (Å²) in [4.78, 5) is 13.5. The summed E-state index contributed by atoms with van der Waals surface area (Å²) >= 11 is 0. The van der Waals surface area contributed by atoms with E-state index >= 15 is 0 Å². The Bertz CT molecular complexity index is 696. The van der Waals surface area contributed by atoms with Gasteiger partial charge in [0.2, 0.25) is 5.95 Å². The molecule has 2 aromatic rings. The Balaban J connectivity index is 1.48. The fourth-order valence-corrected chi connectivity index (χ4v) is 3.99. The lowest BCUT2D eigenvalue weighted by molar-refractivity contribution is -0.0989. The summed E-state index contributed by atoms with van der Waals surface area (Å²) < 4.78 is 11.6. The van der Waals surface area contributed by atoms with Gasteiger partial charge in [0, 0.05) is 37.6 Å². The van der Waals surface area contributed by atoms with Crippen LogP contribution >= 0.6 is 0 Å². The van der Waals surface area contributed by atoms with Crippen molar-refractivity contribution in [2.75, 3.05) is 37.7 Å².